The van der Waals surface area contributed by atoms with Crippen molar-refractivity contribution in [1.82, 2.24) is 9.88 Å². The molecule has 0 spiro atoms. The molecule has 1 aliphatic rings. The Morgan fingerprint density at radius 2 is 1.94 bits per heavy atom. The van der Waals surface area contributed by atoms with Crippen LogP contribution in [0.2, 0.25) is 0 Å². The third kappa shape index (κ3) is 4.37. The van der Waals surface area contributed by atoms with E-state index in [0.717, 1.165) is 24.5 Å². The molecule has 0 aromatic carbocycles. The quantitative estimate of drug-likeness (QED) is 0.777. The van der Waals surface area contributed by atoms with Crippen molar-refractivity contribution in [3.8, 4) is 0 Å². The second-order valence-electron chi connectivity index (χ2n) is 4.78. The van der Waals surface area contributed by atoms with Gasteiger partial charge in [-0.25, -0.2) is 0 Å². The zero-order valence-electron chi connectivity index (χ0n) is 11.0. The number of ether oxygens (including phenoxy) is 1. The molecule has 1 aromatic heterocycles. The summed E-state index contributed by atoms with van der Waals surface area (Å²) >= 11 is 0. The average molecular weight is 249 g/mol. The molecule has 0 unspecified atom stereocenters. The second-order valence-corrected chi connectivity index (χ2v) is 4.78. The van der Waals surface area contributed by atoms with Gasteiger partial charge in [-0.15, -0.1) is 0 Å². The molecule has 100 valence electrons. The van der Waals surface area contributed by atoms with Gasteiger partial charge in [0.2, 0.25) is 0 Å². The van der Waals surface area contributed by atoms with Crippen molar-refractivity contribution in [3.05, 3.63) is 29.6 Å². The van der Waals surface area contributed by atoms with Crippen molar-refractivity contribution in [2.45, 2.75) is 32.4 Å². The predicted molar refractivity (Wildman–Crippen MR) is 72.1 cm³/mol. The Bertz CT molecular complexity index is 351. The largest absolute Gasteiger partial charge is 0.374 e. The normalized spacial score (nSPS) is 16.9. The number of nitrogens with two attached hydrogens (primary N) is 1. The summed E-state index contributed by atoms with van der Waals surface area (Å²) in [6, 6.07) is 5.91. The van der Waals surface area contributed by atoms with Gasteiger partial charge in [-0.1, -0.05) is 12.5 Å². The molecular formula is C14H23N3O. The summed E-state index contributed by atoms with van der Waals surface area (Å²) in [4.78, 5) is 6.89. The first kappa shape index (κ1) is 13.5. The van der Waals surface area contributed by atoms with E-state index >= 15 is 0 Å². The van der Waals surface area contributed by atoms with E-state index in [4.69, 9.17) is 10.5 Å². The monoisotopic (exact) mass is 249 g/mol. The van der Waals surface area contributed by atoms with Crippen LogP contribution >= 0.6 is 0 Å². The molecule has 1 fully saturated rings. The van der Waals surface area contributed by atoms with Gasteiger partial charge in [-0.05, 0) is 38.1 Å². The second kappa shape index (κ2) is 7.46. The Labute approximate surface area is 109 Å². The van der Waals surface area contributed by atoms with Crippen LogP contribution in [0.3, 0.4) is 0 Å². The van der Waals surface area contributed by atoms with Crippen LogP contribution in [-0.2, 0) is 17.9 Å². The molecule has 0 amide bonds. The molecule has 0 aliphatic carbocycles. The first-order chi connectivity index (χ1) is 8.88. The van der Waals surface area contributed by atoms with Crippen LogP contribution in [0.1, 0.15) is 30.7 Å². The fourth-order valence-electron chi connectivity index (χ4n) is 2.28. The SMILES string of the molecule is NCc1cccc(COCCN2CCCCC2)n1. The van der Waals surface area contributed by atoms with Crippen molar-refractivity contribution in [3.63, 3.8) is 0 Å². The van der Waals surface area contributed by atoms with E-state index in [1.165, 1.54) is 32.4 Å². The number of pyridine rings is 1. The number of nitrogens with zero attached hydrogens (tertiary/aromatic N) is 2. The smallest absolute Gasteiger partial charge is 0.0888 e. The maximum atomic E-state index is 5.68. The molecule has 2 N–H and O–H groups in total. The predicted octanol–water partition coefficient (Wildman–Crippen LogP) is 1.54. The van der Waals surface area contributed by atoms with Crippen LogP contribution in [0, 0.1) is 0 Å². The van der Waals surface area contributed by atoms with Crippen LogP contribution in [0.15, 0.2) is 18.2 Å². The fraction of sp³-hybridized carbons (Fsp3) is 0.643. The van der Waals surface area contributed by atoms with E-state index in [1.807, 2.05) is 18.2 Å². The van der Waals surface area contributed by atoms with E-state index in [0.29, 0.717) is 13.2 Å². The minimum absolute atomic E-state index is 0.488. The van der Waals surface area contributed by atoms with Gasteiger partial charge in [0.25, 0.3) is 0 Å². The summed E-state index contributed by atoms with van der Waals surface area (Å²) in [6.07, 6.45) is 4.05. The van der Waals surface area contributed by atoms with Gasteiger partial charge >= 0.3 is 0 Å². The first-order valence-corrected chi connectivity index (χ1v) is 6.83. The number of piperidine rings is 1. The molecule has 2 rings (SSSR count). The van der Waals surface area contributed by atoms with Gasteiger partial charge in [0, 0.05) is 13.1 Å². The molecule has 4 nitrogen and oxygen atoms in total. The summed E-state index contributed by atoms with van der Waals surface area (Å²) in [5.41, 5.74) is 7.45. The van der Waals surface area contributed by atoms with E-state index < -0.39 is 0 Å². The topological polar surface area (TPSA) is 51.4 Å². The van der Waals surface area contributed by atoms with Crippen molar-refractivity contribution in [2.24, 2.45) is 5.73 Å². The van der Waals surface area contributed by atoms with E-state index in [2.05, 4.69) is 9.88 Å². The van der Waals surface area contributed by atoms with E-state index in [-0.39, 0.29) is 0 Å². The van der Waals surface area contributed by atoms with E-state index in [9.17, 15) is 0 Å². The van der Waals surface area contributed by atoms with Gasteiger partial charge in [-0.2, -0.15) is 0 Å². The molecule has 1 saturated heterocycles. The number of hydrogen-bond donors (Lipinski definition) is 1. The van der Waals surface area contributed by atoms with Gasteiger partial charge in [0.15, 0.2) is 0 Å². The maximum absolute atomic E-state index is 5.68. The standard InChI is InChI=1S/C14H23N3O/c15-11-13-5-4-6-14(16-13)12-18-10-9-17-7-2-1-3-8-17/h4-6H,1-3,7-12,15H2. The van der Waals surface area contributed by atoms with Crippen molar-refractivity contribution in [1.29, 1.82) is 0 Å². The van der Waals surface area contributed by atoms with Gasteiger partial charge in [-0.3, -0.25) is 4.98 Å². The highest BCUT2D eigenvalue weighted by Crippen LogP contribution is 2.08. The van der Waals surface area contributed by atoms with Crippen LogP contribution in [0.25, 0.3) is 0 Å². The summed E-state index contributed by atoms with van der Waals surface area (Å²) in [5.74, 6) is 0. The van der Waals surface area contributed by atoms with Gasteiger partial charge in [0.05, 0.1) is 24.6 Å². The maximum Gasteiger partial charge on any atom is 0.0888 e. The summed E-state index contributed by atoms with van der Waals surface area (Å²) in [5, 5.41) is 0. The third-order valence-corrected chi connectivity index (χ3v) is 3.32. The number of rotatable bonds is 6. The van der Waals surface area contributed by atoms with Crippen molar-refractivity contribution < 1.29 is 4.74 Å². The molecule has 0 saturated carbocycles. The van der Waals surface area contributed by atoms with Crippen LogP contribution in [0.5, 0.6) is 0 Å². The number of hydrogen-bond acceptors (Lipinski definition) is 4. The molecule has 0 atom stereocenters. The molecule has 2 heterocycles. The summed E-state index contributed by atoms with van der Waals surface area (Å²) in [6.45, 7) is 5.35. The highest BCUT2D eigenvalue weighted by atomic mass is 16.5. The van der Waals surface area contributed by atoms with Crippen LogP contribution < -0.4 is 5.73 Å². The molecule has 0 bridgehead atoms. The lowest BCUT2D eigenvalue weighted by Gasteiger charge is -2.26. The minimum atomic E-state index is 0.488. The fourth-order valence-corrected chi connectivity index (χ4v) is 2.28. The van der Waals surface area contributed by atoms with Crippen LogP contribution in [-0.4, -0.2) is 36.1 Å². The molecular weight excluding hydrogens is 226 g/mol. The zero-order chi connectivity index (χ0) is 12.6. The summed E-state index contributed by atoms with van der Waals surface area (Å²) in [7, 11) is 0. The lowest BCUT2D eigenvalue weighted by atomic mass is 10.1. The minimum Gasteiger partial charge on any atom is -0.374 e. The Balaban J connectivity index is 1.65. The Morgan fingerprint density at radius 3 is 2.72 bits per heavy atom. The highest BCUT2D eigenvalue weighted by Gasteiger charge is 2.09. The lowest BCUT2D eigenvalue weighted by molar-refractivity contribution is 0.0845. The van der Waals surface area contributed by atoms with Crippen LogP contribution in [0.4, 0.5) is 0 Å². The molecule has 4 heteroatoms. The Kier molecular flexibility index (Phi) is 5.58. The molecule has 18 heavy (non-hydrogen) atoms. The Morgan fingerprint density at radius 1 is 1.17 bits per heavy atom. The summed E-state index contributed by atoms with van der Waals surface area (Å²) < 4.78 is 5.68. The molecule has 1 aliphatic heterocycles. The molecule has 0 radical (unpaired) electrons. The number of likely N-dealkylation sites (tertiary alicyclic amines) is 1. The van der Waals surface area contributed by atoms with Crippen molar-refractivity contribution >= 4 is 0 Å². The molecule has 1 aromatic rings. The number of aromatic nitrogens is 1. The van der Waals surface area contributed by atoms with Gasteiger partial charge < -0.3 is 15.4 Å². The first-order valence-electron chi connectivity index (χ1n) is 6.83. The van der Waals surface area contributed by atoms with Crippen molar-refractivity contribution in [2.75, 3.05) is 26.2 Å². The van der Waals surface area contributed by atoms with E-state index in [1.54, 1.807) is 0 Å². The van der Waals surface area contributed by atoms with Gasteiger partial charge in [0.1, 0.15) is 0 Å². The average Bonchev–Trinajstić information content (AvgIpc) is 2.45. The zero-order valence-corrected chi connectivity index (χ0v) is 11.0. The lowest BCUT2D eigenvalue weighted by Crippen LogP contribution is -2.32. The third-order valence-electron chi connectivity index (χ3n) is 3.32. The Hall–Kier alpha value is -0.970. The highest BCUT2D eigenvalue weighted by molar-refractivity contribution is 5.10.